The molecule has 0 unspecified atom stereocenters. The SMILES string of the molecule is COCC(C)(C)NC(=O)Nc1ccc(C(C)=O)cc1. The van der Waals surface area contributed by atoms with Gasteiger partial charge in [0.2, 0.25) is 0 Å². The number of carbonyl (C=O) groups excluding carboxylic acids is 2. The summed E-state index contributed by atoms with van der Waals surface area (Å²) in [6.45, 7) is 5.66. The summed E-state index contributed by atoms with van der Waals surface area (Å²) in [7, 11) is 1.59. The summed E-state index contributed by atoms with van der Waals surface area (Å²) in [6, 6.07) is 6.44. The molecule has 0 bridgehead atoms. The highest BCUT2D eigenvalue weighted by Crippen LogP contribution is 2.10. The van der Waals surface area contributed by atoms with Gasteiger partial charge in [0.15, 0.2) is 5.78 Å². The fourth-order valence-electron chi connectivity index (χ4n) is 1.65. The summed E-state index contributed by atoms with van der Waals surface area (Å²) in [4.78, 5) is 22.9. The van der Waals surface area contributed by atoms with Crippen molar-refractivity contribution >= 4 is 17.5 Å². The average molecular weight is 264 g/mol. The van der Waals surface area contributed by atoms with E-state index in [4.69, 9.17) is 4.74 Å². The standard InChI is InChI=1S/C14H20N2O3/c1-10(17)11-5-7-12(8-6-11)15-13(18)16-14(2,3)9-19-4/h5-8H,9H2,1-4H3,(H2,15,16,18). The van der Waals surface area contributed by atoms with Gasteiger partial charge in [-0.2, -0.15) is 0 Å². The van der Waals surface area contributed by atoms with Crippen LogP contribution in [0.15, 0.2) is 24.3 Å². The monoisotopic (exact) mass is 264 g/mol. The number of ketones is 1. The third-order valence-electron chi connectivity index (χ3n) is 2.51. The van der Waals surface area contributed by atoms with Gasteiger partial charge in [-0.1, -0.05) is 0 Å². The van der Waals surface area contributed by atoms with E-state index in [0.29, 0.717) is 17.9 Å². The van der Waals surface area contributed by atoms with Crippen LogP contribution in [0.2, 0.25) is 0 Å². The van der Waals surface area contributed by atoms with Crippen molar-refractivity contribution in [3.63, 3.8) is 0 Å². The van der Waals surface area contributed by atoms with E-state index in [0.717, 1.165) is 0 Å². The van der Waals surface area contributed by atoms with Gasteiger partial charge in [0, 0.05) is 18.4 Å². The number of Topliss-reactive ketones (excluding diaryl/α,β-unsaturated/α-hetero) is 1. The molecule has 0 aliphatic rings. The second-order valence-corrected chi connectivity index (χ2v) is 5.03. The Morgan fingerprint density at radius 2 is 1.79 bits per heavy atom. The summed E-state index contributed by atoms with van der Waals surface area (Å²) in [5.41, 5.74) is 0.805. The summed E-state index contributed by atoms with van der Waals surface area (Å²) >= 11 is 0. The third kappa shape index (κ3) is 5.09. The average Bonchev–Trinajstić information content (AvgIpc) is 2.28. The third-order valence-corrected chi connectivity index (χ3v) is 2.51. The van der Waals surface area contributed by atoms with Crippen LogP contribution in [0.1, 0.15) is 31.1 Å². The van der Waals surface area contributed by atoms with Gasteiger partial charge in [0.05, 0.1) is 12.1 Å². The second-order valence-electron chi connectivity index (χ2n) is 5.03. The Morgan fingerprint density at radius 1 is 1.21 bits per heavy atom. The van der Waals surface area contributed by atoms with Crippen molar-refractivity contribution in [3.8, 4) is 0 Å². The van der Waals surface area contributed by atoms with Crippen LogP contribution in [0, 0.1) is 0 Å². The van der Waals surface area contributed by atoms with Crippen molar-refractivity contribution in [1.82, 2.24) is 5.32 Å². The maximum atomic E-state index is 11.8. The largest absolute Gasteiger partial charge is 0.382 e. The van der Waals surface area contributed by atoms with Gasteiger partial charge in [-0.15, -0.1) is 0 Å². The molecule has 2 amide bonds. The molecule has 1 rings (SSSR count). The van der Waals surface area contributed by atoms with Crippen LogP contribution in [0.25, 0.3) is 0 Å². The van der Waals surface area contributed by atoms with Crippen LogP contribution >= 0.6 is 0 Å². The smallest absolute Gasteiger partial charge is 0.319 e. The minimum absolute atomic E-state index is 0.00257. The van der Waals surface area contributed by atoms with E-state index < -0.39 is 5.54 Å². The predicted octanol–water partition coefficient (Wildman–Crippen LogP) is 2.44. The topological polar surface area (TPSA) is 67.4 Å². The maximum absolute atomic E-state index is 11.8. The van der Waals surface area contributed by atoms with E-state index in [1.165, 1.54) is 6.92 Å². The Labute approximate surface area is 113 Å². The molecule has 0 aliphatic heterocycles. The van der Waals surface area contributed by atoms with E-state index in [-0.39, 0.29) is 11.8 Å². The number of anilines is 1. The van der Waals surface area contributed by atoms with Crippen molar-refractivity contribution in [2.24, 2.45) is 0 Å². The van der Waals surface area contributed by atoms with E-state index >= 15 is 0 Å². The minimum Gasteiger partial charge on any atom is -0.382 e. The molecule has 0 fully saturated rings. The van der Waals surface area contributed by atoms with E-state index in [2.05, 4.69) is 10.6 Å². The van der Waals surface area contributed by atoms with Gasteiger partial charge in [-0.25, -0.2) is 4.79 Å². The molecule has 0 aliphatic carbocycles. The lowest BCUT2D eigenvalue weighted by atomic mass is 10.1. The predicted molar refractivity (Wildman–Crippen MR) is 74.6 cm³/mol. The fourth-order valence-corrected chi connectivity index (χ4v) is 1.65. The van der Waals surface area contributed by atoms with Crippen molar-refractivity contribution in [2.45, 2.75) is 26.3 Å². The van der Waals surface area contributed by atoms with Crippen LogP contribution in [-0.2, 0) is 4.74 Å². The van der Waals surface area contributed by atoms with Gasteiger partial charge >= 0.3 is 6.03 Å². The number of rotatable bonds is 5. The minimum atomic E-state index is -0.446. The lowest BCUT2D eigenvalue weighted by Gasteiger charge is -2.25. The number of carbonyl (C=O) groups is 2. The van der Waals surface area contributed by atoms with Crippen molar-refractivity contribution < 1.29 is 14.3 Å². The Bertz CT molecular complexity index is 452. The number of amides is 2. The highest BCUT2D eigenvalue weighted by atomic mass is 16.5. The fraction of sp³-hybridized carbons (Fsp3) is 0.429. The van der Waals surface area contributed by atoms with Gasteiger partial charge in [0.1, 0.15) is 0 Å². The quantitative estimate of drug-likeness (QED) is 0.803. The second kappa shape index (κ2) is 6.33. The molecule has 0 aromatic heterocycles. The molecule has 1 aromatic rings. The number of nitrogens with one attached hydrogen (secondary N) is 2. The summed E-state index contributed by atoms with van der Waals surface area (Å²) < 4.78 is 5.02. The van der Waals surface area contributed by atoms with E-state index in [1.807, 2.05) is 13.8 Å². The first-order chi connectivity index (χ1) is 8.84. The van der Waals surface area contributed by atoms with Crippen LogP contribution in [0.5, 0.6) is 0 Å². The summed E-state index contributed by atoms with van der Waals surface area (Å²) in [6.07, 6.45) is 0. The number of benzene rings is 1. The number of hydrogen-bond acceptors (Lipinski definition) is 3. The molecule has 0 radical (unpaired) electrons. The van der Waals surface area contributed by atoms with Crippen LogP contribution in [-0.4, -0.2) is 31.1 Å². The van der Waals surface area contributed by atoms with Crippen LogP contribution < -0.4 is 10.6 Å². The van der Waals surface area contributed by atoms with Gasteiger partial charge in [-0.3, -0.25) is 4.79 Å². The molecule has 5 nitrogen and oxygen atoms in total. The van der Waals surface area contributed by atoms with Crippen LogP contribution in [0.3, 0.4) is 0 Å². The summed E-state index contributed by atoms with van der Waals surface area (Å²) in [5, 5.41) is 5.51. The molecule has 104 valence electrons. The zero-order valence-corrected chi connectivity index (χ0v) is 11.7. The number of ether oxygens (including phenoxy) is 1. The first kappa shape index (κ1) is 15.2. The Balaban J connectivity index is 2.59. The zero-order valence-electron chi connectivity index (χ0n) is 11.7. The maximum Gasteiger partial charge on any atom is 0.319 e. The molecule has 0 spiro atoms. The Hall–Kier alpha value is -1.88. The molecule has 0 heterocycles. The molecule has 0 saturated heterocycles. The molecule has 0 saturated carbocycles. The first-order valence-electron chi connectivity index (χ1n) is 6.03. The first-order valence-corrected chi connectivity index (χ1v) is 6.03. The molecule has 19 heavy (non-hydrogen) atoms. The highest BCUT2D eigenvalue weighted by Gasteiger charge is 2.20. The molecular weight excluding hydrogens is 244 g/mol. The highest BCUT2D eigenvalue weighted by molar-refractivity contribution is 5.95. The van der Waals surface area contributed by atoms with E-state index in [9.17, 15) is 9.59 Å². The van der Waals surface area contributed by atoms with Crippen molar-refractivity contribution in [2.75, 3.05) is 19.0 Å². The molecule has 0 atom stereocenters. The summed E-state index contributed by atoms with van der Waals surface area (Å²) in [5.74, 6) is -0.00257. The Kier molecular flexibility index (Phi) is 5.06. The lowest BCUT2D eigenvalue weighted by molar-refractivity contribution is 0.101. The van der Waals surface area contributed by atoms with Gasteiger partial charge in [-0.05, 0) is 45.0 Å². The molecule has 2 N–H and O–H groups in total. The number of hydrogen-bond donors (Lipinski definition) is 2. The molecule has 1 aromatic carbocycles. The Morgan fingerprint density at radius 3 is 2.26 bits per heavy atom. The molecular formula is C14H20N2O3. The van der Waals surface area contributed by atoms with Crippen molar-refractivity contribution in [3.05, 3.63) is 29.8 Å². The lowest BCUT2D eigenvalue weighted by Crippen LogP contribution is -2.48. The van der Waals surface area contributed by atoms with E-state index in [1.54, 1.807) is 31.4 Å². The van der Waals surface area contributed by atoms with Crippen LogP contribution in [0.4, 0.5) is 10.5 Å². The van der Waals surface area contributed by atoms with Crippen molar-refractivity contribution in [1.29, 1.82) is 0 Å². The van der Waals surface area contributed by atoms with Gasteiger partial charge in [0.25, 0.3) is 0 Å². The normalized spacial score (nSPS) is 10.9. The number of methoxy groups -OCH3 is 1. The number of urea groups is 1. The van der Waals surface area contributed by atoms with Gasteiger partial charge < -0.3 is 15.4 Å². The molecule has 5 heteroatoms. The zero-order chi connectivity index (χ0) is 14.5.